The maximum atomic E-state index is 11.9. The Bertz CT molecular complexity index is 746. The average Bonchev–Trinajstić information content (AvgIpc) is 2.54. The number of ether oxygens (including phenoxy) is 1. The van der Waals surface area contributed by atoms with Gasteiger partial charge in [0.1, 0.15) is 5.75 Å². The average molecular weight is 333 g/mol. The molecule has 0 aliphatic rings. The molecule has 0 radical (unpaired) electrons. The molecular formula is C16H13ClN2O4. The number of halogens is 1. The highest BCUT2D eigenvalue weighted by Gasteiger charge is 2.08. The van der Waals surface area contributed by atoms with E-state index in [2.05, 4.69) is 10.5 Å². The molecule has 1 amide bonds. The fourth-order valence-electron chi connectivity index (χ4n) is 1.72. The lowest BCUT2D eigenvalue weighted by Gasteiger charge is -2.06. The molecule has 0 saturated heterocycles. The van der Waals surface area contributed by atoms with Gasteiger partial charge in [-0.15, -0.1) is 0 Å². The number of carbonyl (C=O) groups excluding carboxylic acids is 1. The number of carboxylic acids is 1. The zero-order chi connectivity index (χ0) is 16.7. The van der Waals surface area contributed by atoms with Crippen LogP contribution < -0.4 is 10.2 Å². The largest absolute Gasteiger partial charge is 0.481 e. The number of benzene rings is 2. The van der Waals surface area contributed by atoms with Gasteiger partial charge in [0, 0.05) is 5.56 Å². The third-order valence-electron chi connectivity index (χ3n) is 2.76. The van der Waals surface area contributed by atoms with Crippen LogP contribution in [0.1, 0.15) is 15.9 Å². The molecule has 2 rings (SSSR count). The third-order valence-corrected chi connectivity index (χ3v) is 3.09. The second-order valence-corrected chi connectivity index (χ2v) is 4.81. The number of rotatable bonds is 6. The normalized spacial score (nSPS) is 10.5. The predicted molar refractivity (Wildman–Crippen MR) is 86.1 cm³/mol. The number of nitrogens with one attached hydrogen (secondary N) is 1. The van der Waals surface area contributed by atoms with Crippen LogP contribution in [0.4, 0.5) is 0 Å². The summed E-state index contributed by atoms with van der Waals surface area (Å²) in [6.45, 7) is -0.461. The number of para-hydroxylation sites is 1. The Hall–Kier alpha value is -2.86. The maximum Gasteiger partial charge on any atom is 0.341 e. The van der Waals surface area contributed by atoms with E-state index in [1.807, 2.05) is 0 Å². The van der Waals surface area contributed by atoms with Gasteiger partial charge in [0.15, 0.2) is 6.61 Å². The molecule has 0 bridgehead atoms. The van der Waals surface area contributed by atoms with Gasteiger partial charge in [0.25, 0.3) is 5.91 Å². The maximum absolute atomic E-state index is 11.9. The van der Waals surface area contributed by atoms with Crippen LogP contribution in [0.5, 0.6) is 5.75 Å². The monoisotopic (exact) mass is 332 g/mol. The molecule has 2 aromatic carbocycles. The first-order chi connectivity index (χ1) is 11.1. The van der Waals surface area contributed by atoms with Gasteiger partial charge in [-0.25, -0.2) is 10.2 Å². The third kappa shape index (κ3) is 4.82. The number of nitrogens with zero attached hydrogens (tertiary/aromatic N) is 1. The SMILES string of the molecule is O=C(O)COc1ccccc1C=NNC(=O)c1ccccc1Cl. The van der Waals surface area contributed by atoms with Crippen molar-refractivity contribution in [3.63, 3.8) is 0 Å². The van der Waals surface area contributed by atoms with Gasteiger partial charge < -0.3 is 9.84 Å². The minimum absolute atomic E-state index is 0.307. The van der Waals surface area contributed by atoms with Crippen LogP contribution in [0.3, 0.4) is 0 Å². The van der Waals surface area contributed by atoms with Gasteiger partial charge in [-0.2, -0.15) is 5.10 Å². The predicted octanol–water partition coefficient (Wildman–Crippen LogP) is 2.57. The van der Waals surface area contributed by atoms with Crippen LogP contribution in [-0.4, -0.2) is 29.8 Å². The fraction of sp³-hybridized carbons (Fsp3) is 0.0625. The van der Waals surface area contributed by atoms with Crippen molar-refractivity contribution in [3.05, 3.63) is 64.7 Å². The van der Waals surface area contributed by atoms with E-state index in [1.165, 1.54) is 6.21 Å². The van der Waals surface area contributed by atoms with Crippen molar-refractivity contribution < 1.29 is 19.4 Å². The molecule has 2 aromatic rings. The number of hydrazone groups is 1. The highest BCUT2D eigenvalue weighted by atomic mass is 35.5. The van der Waals surface area contributed by atoms with E-state index >= 15 is 0 Å². The molecule has 0 saturated carbocycles. The molecule has 0 fully saturated rings. The van der Waals surface area contributed by atoms with Gasteiger partial charge in [-0.1, -0.05) is 35.9 Å². The summed E-state index contributed by atoms with van der Waals surface area (Å²) in [6.07, 6.45) is 1.37. The quantitative estimate of drug-likeness (QED) is 0.628. The molecule has 0 unspecified atom stereocenters. The number of amides is 1. The van der Waals surface area contributed by atoms with Gasteiger partial charge in [0.2, 0.25) is 0 Å². The molecular weight excluding hydrogens is 320 g/mol. The Morgan fingerprint density at radius 3 is 2.61 bits per heavy atom. The van der Waals surface area contributed by atoms with E-state index in [0.29, 0.717) is 21.9 Å². The zero-order valence-corrected chi connectivity index (χ0v) is 12.7. The molecule has 2 N–H and O–H groups in total. The van der Waals surface area contributed by atoms with E-state index in [9.17, 15) is 9.59 Å². The van der Waals surface area contributed by atoms with Crippen LogP contribution in [0, 0.1) is 0 Å². The first kappa shape index (κ1) is 16.5. The second kappa shape index (κ2) is 7.95. The lowest BCUT2D eigenvalue weighted by atomic mass is 10.2. The smallest absolute Gasteiger partial charge is 0.341 e. The van der Waals surface area contributed by atoms with E-state index in [0.717, 1.165) is 0 Å². The van der Waals surface area contributed by atoms with Crippen molar-refractivity contribution in [2.24, 2.45) is 5.10 Å². The van der Waals surface area contributed by atoms with Crippen molar-refractivity contribution in [1.82, 2.24) is 5.43 Å². The van der Waals surface area contributed by atoms with E-state index in [-0.39, 0.29) is 0 Å². The number of aliphatic carboxylic acids is 1. The van der Waals surface area contributed by atoms with Crippen molar-refractivity contribution in [2.45, 2.75) is 0 Å². The highest BCUT2D eigenvalue weighted by molar-refractivity contribution is 6.33. The summed E-state index contributed by atoms with van der Waals surface area (Å²) in [5.74, 6) is -1.18. The Labute approximate surface area is 137 Å². The number of carboxylic acid groups (broad SMARTS) is 1. The molecule has 118 valence electrons. The zero-order valence-electron chi connectivity index (χ0n) is 11.9. The van der Waals surface area contributed by atoms with E-state index in [4.69, 9.17) is 21.4 Å². The lowest BCUT2D eigenvalue weighted by Crippen LogP contribution is -2.18. The lowest BCUT2D eigenvalue weighted by molar-refractivity contribution is -0.139. The second-order valence-electron chi connectivity index (χ2n) is 4.40. The van der Waals surface area contributed by atoms with E-state index < -0.39 is 18.5 Å². The van der Waals surface area contributed by atoms with Crippen molar-refractivity contribution in [3.8, 4) is 5.75 Å². The summed E-state index contributed by atoms with van der Waals surface area (Å²) in [5, 5.41) is 12.8. The van der Waals surface area contributed by atoms with Gasteiger partial charge in [0.05, 0.1) is 16.8 Å². The molecule has 0 aliphatic heterocycles. The van der Waals surface area contributed by atoms with Crippen molar-refractivity contribution >= 4 is 29.7 Å². The Morgan fingerprint density at radius 2 is 1.87 bits per heavy atom. The number of hydrogen-bond donors (Lipinski definition) is 2. The van der Waals surface area contributed by atoms with Gasteiger partial charge in [-0.3, -0.25) is 4.79 Å². The van der Waals surface area contributed by atoms with Crippen molar-refractivity contribution in [2.75, 3.05) is 6.61 Å². The molecule has 0 atom stereocenters. The molecule has 0 aliphatic carbocycles. The van der Waals surface area contributed by atoms with Crippen LogP contribution in [0.2, 0.25) is 5.02 Å². The summed E-state index contributed by atoms with van der Waals surface area (Å²) in [4.78, 5) is 22.5. The van der Waals surface area contributed by atoms with Gasteiger partial charge in [-0.05, 0) is 24.3 Å². The topological polar surface area (TPSA) is 88.0 Å². The number of carbonyl (C=O) groups is 2. The molecule has 0 spiro atoms. The highest BCUT2D eigenvalue weighted by Crippen LogP contribution is 2.16. The fourth-order valence-corrected chi connectivity index (χ4v) is 1.95. The molecule has 6 nitrogen and oxygen atoms in total. The minimum Gasteiger partial charge on any atom is -0.481 e. The molecule has 23 heavy (non-hydrogen) atoms. The Balaban J connectivity index is 2.05. The molecule has 0 heterocycles. The molecule has 7 heteroatoms. The number of hydrogen-bond acceptors (Lipinski definition) is 4. The van der Waals surface area contributed by atoms with Crippen LogP contribution in [0.25, 0.3) is 0 Å². The minimum atomic E-state index is -1.08. The first-order valence-electron chi connectivity index (χ1n) is 6.59. The van der Waals surface area contributed by atoms with E-state index in [1.54, 1.807) is 48.5 Å². The van der Waals surface area contributed by atoms with Crippen molar-refractivity contribution in [1.29, 1.82) is 0 Å². The van der Waals surface area contributed by atoms with Crippen LogP contribution >= 0.6 is 11.6 Å². The summed E-state index contributed by atoms with van der Waals surface area (Å²) in [7, 11) is 0. The Kier molecular flexibility index (Phi) is 5.71. The summed E-state index contributed by atoms with van der Waals surface area (Å²) >= 11 is 5.92. The van der Waals surface area contributed by atoms with Gasteiger partial charge >= 0.3 is 5.97 Å². The molecule has 0 aromatic heterocycles. The summed E-state index contributed by atoms with van der Waals surface area (Å²) < 4.78 is 5.14. The Morgan fingerprint density at radius 1 is 1.17 bits per heavy atom. The standard InChI is InChI=1S/C16H13ClN2O4/c17-13-7-3-2-6-12(13)16(22)19-18-9-11-5-1-4-8-14(11)23-10-15(20)21/h1-9H,10H2,(H,19,22)(H,20,21). The summed E-state index contributed by atoms with van der Waals surface area (Å²) in [5.41, 5.74) is 3.20. The first-order valence-corrected chi connectivity index (χ1v) is 6.97. The van der Waals surface area contributed by atoms with Crippen LogP contribution in [0.15, 0.2) is 53.6 Å². The summed E-state index contributed by atoms with van der Waals surface area (Å²) in [6, 6.07) is 13.3. The van der Waals surface area contributed by atoms with Crippen LogP contribution in [-0.2, 0) is 4.79 Å².